The van der Waals surface area contributed by atoms with E-state index in [1.807, 2.05) is 42.8 Å². The van der Waals surface area contributed by atoms with Gasteiger partial charge in [-0.1, -0.05) is 18.2 Å². The predicted octanol–water partition coefficient (Wildman–Crippen LogP) is 2.58. The number of pyridine rings is 1. The Kier molecular flexibility index (Phi) is 4.52. The highest BCUT2D eigenvalue weighted by Crippen LogP contribution is 2.46. The number of carbonyl (C=O) groups excluding carboxylic acids is 1. The van der Waals surface area contributed by atoms with Crippen LogP contribution in [0.25, 0.3) is 22.3 Å². The third-order valence-corrected chi connectivity index (χ3v) is 8.34. The number of aliphatic hydroxyl groups is 1. The fourth-order valence-electron chi connectivity index (χ4n) is 4.44. The molecule has 0 unspecified atom stereocenters. The van der Waals surface area contributed by atoms with Crippen LogP contribution in [0, 0.1) is 0 Å². The van der Waals surface area contributed by atoms with Crippen LogP contribution in [0.5, 0.6) is 0 Å². The van der Waals surface area contributed by atoms with Gasteiger partial charge in [-0.05, 0) is 51.3 Å². The minimum atomic E-state index is -3.07. The molecule has 1 aromatic carbocycles. The average Bonchev–Trinajstić information content (AvgIpc) is 3.33. The van der Waals surface area contributed by atoms with Gasteiger partial charge in [-0.2, -0.15) is 5.10 Å². The van der Waals surface area contributed by atoms with Gasteiger partial charge in [0.05, 0.1) is 33.7 Å². The summed E-state index contributed by atoms with van der Waals surface area (Å²) in [5.74, 6) is -0.469. The average molecular weight is 455 g/mol. The normalized spacial score (nSPS) is 20.2. The lowest BCUT2D eigenvalue weighted by molar-refractivity contribution is 0.0916. The molecule has 1 aliphatic carbocycles. The standard InChI is InChI=1S/C23H26N4O4S/c1-14(2)27-18-10-16(21(28)25-22(3)12-32(30,31)13-22)11-24-20(18)19(26-27)15-5-4-6-17(9-15)23(29)7-8-23/h4-6,9-11,14,29H,7-8,12-13H2,1-3H3,(H,25,28). The molecule has 8 nitrogen and oxygen atoms in total. The first kappa shape index (κ1) is 21.1. The monoisotopic (exact) mass is 454 g/mol. The number of benzene rings is 1. The number of hydrogen-bond donors (Lipinski definition) is 2. The van der Waals surface area contributed by atoms with Crippen LogP contribution < -0.4 is 5.32 Å². The summed E-state index contributed by atoms with van der Waals surface area (Å²) in [6.07, 6.45) is 3.02. The van der Waals surface area contributed by atoms with Gasteiger partial charge in [0.15, 0.2) is 9.84 Å². The van der Waals surface area contributed by atoms with E-state index in [1.165, 1.54) is 6.20 Å². The van der Waals surface area contributed by atoms with Crippen LogP contribution in [0.4, 0.5) is 0 Å². The molecule has 168 valence electrons. The lowest BCUT2D eigenvalue weighted by Crippen LogP contribution is -2.63. The van der Waals surface area contributed by atoms with Crippen molar-refractivity contribution >= 4 is 26.8 Å². The first-order valence-electron chi connectivity index (χ1n) is 10.7. The van der Waals surface area contributed by atoms with Crippen molar-refractivity contribution in [2.24, 2.45) is 0 Å². The predicted molar refractivity (Wildman–Crippen MR) is 121 cm³/mol. The molecule has 5 rings (SSSR count). The van der Waals surface area contributed by atoms with Crippen LogP contribution in [0.1, 0.15) is 55.6 Å². The minimum Gasteiger partial charge on any atom is -0.385 e. The number of sulfone groups is 1. The van der Waals surface area contributed by atoms with Crippen LogP contribution in [-0.4, -0.2) is 51.2 Å². The molecule has 3 heterocycles. The van der Waals surface area contributed by atoms with E-state index < -0.39 is 21.0 Å². The molecule has 3 aromatic rings. The highest BCUT2D eigenvalue weighted by atomic mass is 32.2. The number of nitrogens with zero attached hydrogens (tertiary/aromatic N) is 3. The number of nitrogens with one attached hydrogen (secondary N) is 1. The van der Waals surface area contributed by atoms with Gasteiger partial charge in [0, 0.05) is 17.8 Å². The molecule has 9 heteroatoms. The molecule has 2 N–H and O–H groups in total. The second kappa shape index (κ2) is 6.86. The molecule has 2 fully saturated rings. The van der Waals surface area contributed by atoms with Gasteiger partial charge in [-0.15, -0.1) is 0 Å². The van der Waals surface area contributed by atoms with E-state index >= 15 is 0 Å². The first-order chi connectivity index (χ1) is 15.0. The van der Waals surface area contributed by atoms with E-state index in [0.717, 1.165) is 29.5 Å². The Bertz CT molecular complexity index is 1340. The molecule has 1 saturated carbocycles. The van der Waals surface area contributed by atoms with Gasteiger partial charge in [0.1, 0.15) is 11.2 Å². The molecule has 2 aromatic heterocycles. The van der Waals surface area contributed by atoms with Gasteiger partial charge in [0.25, 0.3) is 5.91 Å². The zero-order valence-electron chi connectivity index (χ0n) is 18.3. The van der Waals surface area contributed by atoms with Crippen molar-refractivity contribution in [3.8, 4) is 11.3 Å². The van der Waals surface area contributed by atoms with Gasteiger partial charge >= 0.3 is 0 Å². The molecule has 1 saturated heterocycles. The van der Waals surface area contributed by atoms with E-state index in [0.29, 0.717) is 16.8 Å². The van der Waals surface area contributed by atoms with Crippen LogP contribution in [-0.2, 0) is 15.4 Å². The van der Waals surface area contributed by atoms with E-state index in [9.17, 15) is 18.3 Å². The molecule has 0 atom stereocenters. The number of hydrogen-bond acceptors (Lipinski definition) is 6. The topological polar surface area (TPSA) is 114 Å². The zero-order valence-corrected chi connectivity index (χ0v) is 19.1. The Labute approximate surface area is 186 Å². The van der Waals surface area contributed by atoms with E-state index in [4.69, 9.17) is 5.10 Å². The third kappa shape index (κ3) is 3.59. The summed E-state index contributed by atoms with van der Waals surface area (Å²) in [6, 6.07) is 9.53. The maximum Gasteiger partial charge on any atom is 0.253 e. The summed E-state index contributed by atoms with van der Waals surface area (Å²) in [6.45, 7) is 5.74. The second-order valence-electron chi connectivity index (χ2n) is 9.64. The highest BCUT2D eigenvalue weighted by Gasteiger charge is 2.46. The van der Waals surface area contributed by atoms with Gasteiger partial charge in [-0.25, -0.2) is 8.42 Å². The Morgan fingerprint density at radius 1 is 1.22 bits per heavy atom. The number of aromatic nitrogens is 3. The SMILES string of the molecule is CC(C)n1nc(-c2cccc(C3(O)CC3)c2)c2ncc(C(=O)NC3(C)CS(=O)(=O)C3)cc21. The lowest BCUT2D eigenvalue weighted by atomic mass is 10.0. The Hall–Kier alpha value is -2.78. The van der Waals surface area contributed by atoms with Crippen LogP contribution in [0.3, 0.4) is 0 Å². The number of fused-ring (bicyclic) bond motifs is 1. The maximum atomic E-state index is 12.8. The maximum absolute atomic E-state index is 12.8. The van der Waals surface area contributed by atoms with Crippen molar-refractivity contribution in [3.05, 3.63) is 47.7 Å². The van der Waals surface area contributed by atoms with Crippen LogP contribution in [0.15, 0.2) is 36.5 Å². The minimum absolute atomic E-state index is 0.0384. The Morgan fingerprint density at radius 2 is 1.94 bits per heavy atom. The van der Waals surface area contributed by atoms with Crippen molar-refractivity contribution in [1.29, 1.82) is 0 Å². The molecular weight excluding hydrogens is 428 g/mol. The summed E-state index contributed by atoms with van der Waals surface area (Å²) in [5.41, 5.74) is 2.71. The van der Waals surface area contributed by atoms with Crippen molar-refractivity contribution < 1.29 is 18.3 Å². The van der Waals surface area contributed by atoms with Crippen molar-refractivity contribution in [2.45, 2.75) is 50.8 Å². The van der Waals surface area contributed by atoms with Crippen LogP contribution in [0.2, 0.25) is 0 Å². The van der Waals surface area contributed by atoms with Gasteiger partial charge in [0.2, 0.25) is 0 Å². The zero-order chi connectivity index (χ0) is 22.9. The fourth-order valence-corrected chi connectivity index (χ4v) is 6.44. The molecule has 0 bridgehead atoms. The van der Waals surface area contributed by atoms with Crippen molar-refractivity contribution in [2.75, 3.05) is 11.5 Å². The van der Waals surface area contributed by atoms with Crippen molar-refractivity contribution in [1.82, 2.24) is 20.1 Å². The molecule has 1 amide bonds. The highest BCUT2D eigenvalue weighted by molar-refractivity contribution is 7.93. The molecule has 1 aliphatic heterocycles. The third-order valence-electron chi connectivity index (χ3n) is 6.19. The molecule has 0 radical (unpaired) electrons. The Balaban J connectivity index is 1.53. The number of amides is 1. The number of carbonyl (C=O) groups is 1. The smallest absolute Gasteiger partial charge is 0.253 e. The molecule has 2 aliphatic rings. The first-order valence-corrected chi connectivity index (χ1v) is 12.6. The van der Waals surface area contributed by atoms with Gasteiger partial charge in [-0.3, -0.25) is 14.5 Å². The van der Waals surface area contributed by atoms with E-state index in [-0.39, 0.29) is 23.5 Å². The van der Waals surface area contributed by atoms with E-state index in [2.05, 4.69) is 10.3 Å². The van der Waals surface area contributed by atoms with Gasteiger partial charge < -0.3 is 10.4 Å². The summed E-state index contributed by atoms with van der Waals surface area (Å²) in [5, 5.41) is 18.1. The molecule has 32 heavy (non-hydrogen) atoms. The summed E-state index contributed by atoms with van der Waals surface area (Å²) in [4.78, 5) is 17.4. The summed E-state index contributed by atoms with van der Waals surface area (Å²) >= 11 is 0. The molecule has 0 spiro atoms. The quantitative estimate of drug-likeness (QED) is 0.612. The van der Waals surface area contributed by atoms with E-state index in [1.54, 1.807) is 13.0 Å². The number of rotatable bonds is 5. The fraction of sp³-hybridized carbons (Fsp3) is 0.435. The molecular formula is C23H26N4O4S. The second-order valence-corrected chi connectivity index (χ2v) is 11.7. The summed E-state index contributed by atoms with van der Waals surface area (Å²) < 4.78 is 24.9. The largest absolute Gasteiger partial charge is 0.385 e. The lowest BCUT2D eigenvalue weighted by Gasteiger charge is -2.38. The Morgan fingerprint density at radius 3 is 2.56 bits per heavy atom. The van der Waals surface area contributed by atoms with Crippen molar-refractivity contribution in [3.63, 3.8) is 0 Å². The summed E-state index contributed by atoms with van der Waals surface area (Å²) in [7, 11) is -3.07. The van der Waals surface area contributed by atoms with Crippen LogP contribution >= 0.6 is 0 Å².